The lowest BCUT2D eigenvalue weighted by Crippen LogP contribution is -2.32. The number of nitrogens with zero attached hydrogens (tertiary/aromatic N) is 2. The number of ether oxygens (including phenoxy) is 2. The van der Waals surface area contributed by atoms with Gasteiger partial charge in [-0.15, -0.1) is 0 Å². The molecule has 3 aliphatic rings. The molecule has 8 aromatic carbocycles. The number of benzene rings is 8. The van der Waals surface area contributed by atoms with Crippen LogP contribution in [0.5, 0.6) is 11.5 Å². The van der Waals surface area contributed by atoms with Crippen molar-refractivity contribution in [3.63, 3.8) is 0 Å². The number of rotatable bonds is 14. The van der Waals surface area contributed by atoms with E-state index in [0.29, 0.717) is 45.1 Å². The maximum atomic E-state index is 14.5. The summed E-state index contributed by atoms with van der Waals surface area (Å²) >= 11 is 0. The highest BCUT2D eigenvalue weighted by molar-refractivity contribution is 6.37. The van der Waals surface area contributed by atoms with Crippen molar-refractivity contribution in [1.29, 1.82) is 0 Å². The first-order chi connectivity index (χ1) is 38.3. The van der Waals surface area contributed by atoms with Gasteiger partial charge in [0.2, 0.25) is 11.8 Å². The lowest BCUT2D eigenvalue weighted by molar-refractivity contribution is -0.118. The van der Waals surface area contributed by atoms with Gasteiger partial charge in [-0.1, -0.05) is 92.8 Å². The van der Waals surface area contributed by atoms with E-state index in [9.17, 15) is 28.8 Å². The molecule has 2 heterocycles. The first kappa shape index (κ1) is 52.9. The molecule has 1 aliphatic carbocycles. The third kappa shape index (κ3) is 9.27. The van der Waals surface area contributed by atoms with Gasteiger partial charge >= 0.3 is 0 Å². The number of nitrogens with one attached hydrogen (secondary N) is 2. The molecule has 0 atom stereocenters. The number of imide groups is 2. The van der Waals surface area contributed by atoms with E-state index in [1.54, 1.807) is 0 Å². The molecule has 0 bridgehead atoms. The number of anilines is 2. The predicted molar refractivity (Wildman–Crippen MR) is 318 cm³/mol. The summed E-state index contributed by atoms with van der Waals surface area (Å²) in [5.41, 5.74) is 10.3. The van der Waals surface area contributed by atoms with E-state index >= 15 is 0 Å². The Labute approximate surface area is 464 Å². The molecule has 402 valence electrons. The van der Waals surface area contributed by atoms with Crippen molar-refractivity contribution in [1.82, 2.24) is 10.6 Å². The molecule has 0 spiro atoms. The van der Waals surface area contributed by atoms with Crippen LogP contribution in [0.4, 0.5) is 11.4 Å². The van der Waals surface area contributed by atoms with Crippen LogP contribution < -0.4 is 29.9 Å². The smallest absolute Gasteiger partial charge is 0.266 e. The molecule has 0 saturated carbocycles. The van der Waals surface area contributed by atoms with Crippen LogP contribution in [0, 0.1) is 0 Å². The number of fused-ring (bicyclic) bond motifs is 8. The van der Waals surface area contributed by atoms with Crippen LogP contribution in [-0.4, -0.2) is 48.9 Å². The molecule has 8 aromatic rings. The quantitative estimate of drug-likeness (QED) is 0.0473. The number of hydrogen-bond acceptors (Lipinski definition) is 8. The average Bonchev–Trinajstić information content (AvgIpc) is 3.94. The zero-order chi connectivity index (χ0) is 56.6. The average molecular weight is 1060 g/mol. The Morgan fingerprint density at radius 3 is 0.988 bits per heavy atom. The molecule has 11 rings (SSSR count). The molecule has 0 saturated heterocycles. The maximum absolute atomic E-state index is 14.5. The third-order valence-electron chi connectivity index (χ3n) is 15.8. The van der Waals surface area contributed by atoms with Gasteiger partial charge < -0.3 is 20.1 Å². The number of amides is 6. The van der Waals surface area contributed by atoms with Gasteiger partial charge in [0, 0.05) is 0 Å². The van der Waals surface area contributed by atoms with Crippen LogP contribution in [0.15, 0.2) is 122 Å². The van der Waals surface area contributed by atoms with Crippen molar-refractivity contribution in [2.45, 2.75) is 91.9 Å². The second kappa shape index (κ2) is 20.6. The zero-order valence-electron chi connectivity index (χ0n) is 46.3. The first-order valence-corrected chi connectivity index (χ1v) is 27.3. The second-order valence-corrected chi connectivity index (χ2v) is 22.3. The molecule has 0 aromatic heterocycles. The van der Waals surface area contributed by atoms with E-state index in [-0.39, 0.29) is 72.6 Å². The topological polar surface area (TPSA) is 151 Å². The van der Waals surface area contributed by atoms with E-state index in [2.05, 4.69) is 84.5 Å². The first-order valence-electron chi connectivity index (χ1n) is 27.3. The number of carbonyl (C=O) groups is 6. The summed E-state index contributed by atoms with van der Waals surface area (Å²) in [6.45, 7) is 23.0. The summed E-state index contributed by atoms with van der Waals surface area (Å²) in [6, 6.07) is 32.1. The third-order valence-corrected chi connectivity index (χ3v) is 15.8. The Hall–Kier alpha value is -9.16. The van der Waals surface area contributed by atoms with E-state index in [1.807, 2.05) is 104 Å². The van der Waals surface area contributed by atoms with Crippen LogP contribution in [0.1, 0.15) is 165 Å². The number of hydrogen-bond donors (Lipinski definition) is 2. The van der Waals surface area contributed by atoms with Gasteiger partial charge in [0.1, 0.15) is 11.5 Å². The standard InChI is InChI=1S/C68H62N4O8/c1-11-61(73)69-33-79-51-29-53(35(3)4)63(54(30-51)36(5)6)71-65(75)57-25-47-21-43-17-39-13-15-41-19-45-23-49-27-59-60(28-50(49)24-46(45)20-42(41)16-14-40(39)18-44(43)22-48(47)26-58(57)66(71)76)68(78)72(67(59)77)64-55(37(7)8)31-52(32-56(64)38(9)10)80-34-70-62(74)12-2/h11-13,15,17-32,35-38H,1-2,14,16,33-34H2,3-10H3,(H,69,73)(H,70,74). The minimum atomic E-state index is -0.373. The SMILES string of the molecule is C=CC(=O)NCOc1cc(C(C)C)c(N2C(=O)c3cc4cc5cc6c(cc5cc4cc3C2=O)CCc2cc3cc4cc5c(cc4cc3cc2C=C6)C(=O)N(c2c(C(C)C)cc(OCNC(=O)C=C)cc2C(C)C)C5=O)c(C(C)C)c1. The van der Waals surface area contributed by atoms with Crippen LogP contribution >= 0.6 is 0 Å². The predicted octanol–water partition coefficient (Wildman–Crippen LogP) is 13.9. The normalized spacial score (nSPS) is 13.9. The molecule has 0 radical (unpaired) electrons. The monoisotopic (exact) mass is 1060 g/mol. The summed E-state index contributed by atoms with van der Waals surface area (Å²) < 4.78 is 11.9. The molecule has 2 aliphatic heterocycles. The molecule has 12 heteroatoms. The summed E-state index contributed by atoms with van der Waals surface area (Å²) in [4.78, 5) is 84.5. The highest BCUT2D eigenvalue weighted by Gasteiger charge is 2.42. The molecule has 80 heavy (non-hydrogen) atoms. The number of carbonyl (C=O) groups excluding carboxylic acids is 6. The summed E-state index contributed by atoms with van der Waals surface area (Å²) in [5, 5.41) is 12.8. The van der Waals surface area contributed by atoms with Gasteiger partial charge in [0.05, 0.1) is 33.6 Å². The van der Waals surface area contributed by atoms with Gasteiger partial charge in [-0.2, -0.15) is 0 Å². The second-order valence-electron chi connectivity index (χ2n) is 22.3. The Bertz CT molecular complexity index is 3780. The van der Waals surface area contributed by atoms with E-state index < -0.39 is 0 Å². The van der Waals surface area contributed by atoms with Gasteiger partial charge in [0.25, 0.3) is 23.6 Å². The van der Waals surface area contributed by atoms with Crippen LogP contribution in [0.3, 0.4) is 0 Å². The Morgan fingerprint density at radius 2 is 0.713 bits per heavy atom. The van der Waals surface area contributed by atoms with Crippen molar-refractivity contribution in [3.8, 4) is 11.5 Å². The van der Waals surface area contributed by atoms with Gasteiger partial charge in [-0.25, -0.2) is 9.80 Å². The van der Waals surface area contributed by atoms with Crippen molar-refractivity contribution in [2.24, 2.45) is 0 Å². The Balaban J connectivity index is 0.891. The Kier molecular flexibility index (Phi) is 13.6. The molecule has 0 fully saturated rings. The maximum Gasteiger partial charge on any atom is 0.266 e. The fourth-order valence-electron chi connectivity index (χ4n) is 11.6. The van der Waals surface area contributed by atoms with E-state index in [0.717, 1.165) is 89.3 Å². The highest BCUT2D eigenvalue weighted by Crippen LogP contribution is 2.45. The summed E-state index contributed by atoms with van der Waals surface area (Å²) in [5.74, 6) is -1.43. The Morgan fingerprint density at radius 1 is 0.438 bits per heavy atom. The van der Waals surface area contributed by atoms with Crippen molar-refractivity contribution in [3.05, 3.63) is 189 Å². The summed E-state index contributed by atoms with van der Waals surface area (Å²) in [7, 11) is 0. The lowest BCUT2D eigenvalue weighted by Gasteiger charge is -2.26. The fourth-order valence-corrected chi connectivity index (χ4v) is 11.6. The van der Waals surface area contributed by atoms with E-state index in [1.165, 1.54) is 33.1 Å². The molecular formula is C68H62N4O8. The van der Waals surface area contributed by atoms with Crippen molar-refractivity contribution < 1.29 is 38.2 Å². The molecule has 0 unspecified atom stereocenters. The molecule has 12 nitrogen and oxygen atoms in total. The largest absolute Gasteiger partial charge is 0.473 e. The molecule has 2 N–H and O–H groups in total. The molecule has 6 amide bonds. The number of aryl methyl sites for hydroxylation is 2. The highest BCUT2D eigenvalue weighted by atomic mass is 16.5. The fraction of sp³-hybridized carbons (Fsp3) is 0.235. The van der Waals surface area contributed by atoms with E-state index in [4.69, 9.17) is 9.47 Å². The minimum absolute atomic E-state index is 0.0620. The summed E-state index contributed by atoms with van der Waals surface area (Å²) in [6.07, 6.45) is 8.25. The van der Waals surface area contributed by atoms with Crippen molar-refractivity contribution in [2.75, 3.05) is 23.3 Å². The molecular weight excluding hydrogens is 1000 g/mol. The van der Waals surface area contributed by atoms with Crippen LogP contribution in [-0.2, 0) is 22.4 Å². The lowest BCUT2D eigenvalue weighted by atomic mass is 9.88. The van der Waals surface area contributed by atoms with Crippen LogP contribution in [0.2, 0.25) is 0 Å². The van der Waals surface area contributed by atoms with Gasteiger partial charge in [-0.3, -0.25) is 28.8 Å². The minimum Gasteiger partial charge on any atom is -0.473 e. The van der Waals surface area contributed by atoms with Gasteiger partial charge in [0.15, 0.2) is 13.5 Å². The van der Waals surface area contributed by atoms with Gasteiger partial charge in [-0.05, 0) is 221 Å². The van der Waals surface area contributed by atoms with Crippen molar-refractivity contribution >= 4 is 102 Å². The van der Waals surface area contributed by atoms with Crippen LogP contribution in [0.25, 0.3) is 55.2 Å². The zero-order valence-corrected chi connectivity index (χ0v) is 46.3.